The van der Waals surface area contributed by atoms with Crippen LogP contribution in [0.1, 0.15) is 51.5 Å². The number of hydroxylamine groups is 2. The van der Waals surface area contributed by atoms with Crippen molar-refractivity contribution in [3.8, 4) is 0 Å². The van der Waals surface area contributed by atoms with Crippen LogP contribution in [0.15, 0.2) is 30.3 Å². The molecule has 11 heteroatoms. The lowest BCUT2D eigenvalue weighted by Gasteiger charge is -2.32. The minimum absolute atomic E-state index is 0.0168. The average molecular weight is 459 g/mol. The maximum absolute atomic E-state index is 12.5. The molecule has 0 aliphatic heterocycles. The van der Waals surface area contributed by atoms with Crippen molar-refractivity contribution >= 4 is 20.1 Å². The standard InChI is InChI=1S/C20H34N3O7P/c1-3-5-7-12-18(20(25)22-14-21)19(4-2)23(15-24)28-16-30-31(26,27)29-13-17-10-8-6-9-11-17/h6,8-11,15,18-19H,3-5,7,12-14,16,21H2,1-2H3,(H,22,25)(H,26,27). The summed E-state index contributed by atoms with van der Waals surface area (Å²) in [7, 11) is -4.40. The first-order chi connectivity index (χ1) is 14.9. The Balaban J connectivity index is 2.67. The number of hydrogen-bond donors (Lipinski definition) is 3. The van der Waals surface area contributed by atoms with Crippen molar-refractivity contribution in [1.29, 1.82) is 0 Å². The van der Waals surface area contributed by atoms with Gasteiger partial charge in [0.2, 0.25) is 12.3 Å². The molecular weight excluding hydrogens is 425 g/mol. The summed E-state index contributed by atoms with van der Waals surface area (Å²) in [5.74, 6) is -0.818. The second kappa shape index (κ2) is 15.1. The van der Waals surface area contributed by atoms with Crippen molar-refractivity contribution < 1.29 is 32.9 Å². The van der Waals surface area contributed by atoms with Gasteiger partial charge in [0, 0.05) is 0 Å². The molecule has 0 bridgehead atoms. The number of phosphoric acid groups is 1. The molecule has 0 spiro atoms. The molecule has 1 rings (SSSR count). The van der Waals surface area contributed by atoms with Crippen LogP contribution in [-0.2, 0) is 34.6 Å². The van der Waals surface area contributed by atoms with E-state index in [2.05, 4.69) is 12.2 Å². The van der Waals surface area contributed by atoms with Crippen LogP contribution in [0.2, 0.25) is 0 Å². The van der Waals surface area contributed by atoms with Crippen LogP contribution < -0.4 is 11.1 Å². The predicted molar refractivity (Wildman–Crippen MR) is 115 cm³/mol. The second-order valence-electron chi connectivity index (χ2n) is 6.89. The Labute approximate surface area is 183 Å². The number of hydrogen-bond acceptors (Lipinski definition) is 7. The number of carbonyl (C=O) groups is 2. The topological polar surface area (TPSA) is 140 Å². The molecule has 31 heavy (non-hydrogen) atoms. The normalized spacial score (nSPS) is 15.0. The number of benzene rings is 1. The minimum atomic E-state index is -4.40. The summed E-state index contributed by atoms with van der Waals surface area (Å²) < 4.78 is 21.8. The van der Waals surface area contributed by atoms with Crippen LogP contribution >= 0.6 is 7.82 Å². The maximum Gasteiger partial charge on any atom is 0.474 e. The van der Waals surface area contributed by atoms with Crippen LogP contribution in [0.5, 0.6) is 0 Å². The molecule has 2 amide bonds. The molecule has 10 nitrogen and oxygen atoms in total. The third-order valence-corrected chi connectivity index (χ3v) is 5.59. The van der Waals surface area contributed by atoms with Crippen molar-refractivity contribution in [3.63, 3.8) is 0 Å². The largest absolute Gasteiger partial charge is 0.474 e. The molecule has 0 heterocycles. The summed E-state index contributed by atoms with van der Waals surface area (Å²) in [6.45, 7) is 3.03. The Kier molecular flexibility index (Phi) is 13.2. The first kappa shape index (κ1) is 27.2. The van der Waals surface area contributed by atoms with Gasteiger partial charge in [-0.05, 0) is 18.4 Å². The van der Waals surface area contributed by atoms with Gasteiger partial charge >= 0.3 is 7.82 Å². The number of nitrogens with zero attached hydrogens (tertiary/aromatic N) is 1. The monoisotopic (exact) mass is 459 g/mol. The highest BCUT2D eigenvalue weighted by Gasteiger charge is 2.32. The van der Waals surface area contributed by atoms with Gasteiger partial charge < -0.3 is 15.9 Å². The molecule has 0 radical (unpaired) electrons. The molecule has 0 aromatic heterocycles. The van der Waals surface area contributed by atoms with E-state index in [1.807, 2.05) is 13.0 Å². The molecule has 0 saturated heterocycles. The third-order valence-electron chi connectivity index (χ3n) is 4.70. The number of nitrogens with one attached hydrogen (secondary N) is 1. The van der Waals surface area contributed by atoms with E-state index >= 15 is 0 Å². The number of unbranched alkanes of at least 4 members (excludes halogenated alkanes) is 2. The quantitative estimate of drug-likeness (QED) is 0.106. The highest BCUT2D eigenvalue weighted by molar-refractivity contribution is 7.47. The van der Waals surface area contributed by atoms with Gasteiger partial charge in [-0.25, -0.2) is 14.5 Å². The third kappa shape index (κ3) is 10.4. The van der Waals surface area contributed by atoms with E-state index in [1.165, 1.54) is 0 Å². The average Bonchev–Trinajstić information content (AvgIpc) is 2.76. The van der Waals surface area contributed by atoms with Crippen molar-refractivity contribution in [3.05, 3.63) is 35.9 Å². The first-order valence-electron chi connectivity index (χ1n) is 10.4. The van der Waals surface area contributed by atoms with E-state index < -0.39 is 26.6 Å². The van der Waals surface area contributed by atoms with E-state index in [4.69, 9.17) is 19.6 Å². The highest BCUT2D eigenvalue weighted by Crippen LogP contribution is 2.44. The van der Waals surface area contributed by atoms with Gasteiger partial charge in [0.05, 0.1) is 25.2 Å². The second-order valence-corrected chi connectivity index (χ2v) is 8.35. The molecule has 3 unspecified atom stereocenters. The number of amides is 2. The van der Waals surface area contributed by atoms with Gasteiger partial charge in [-0.15, -0.1) is 0 Å². The van der Waals surface area contributed by atoms with Crippen molar-refractivity contribution in [2.45, 2.75) is 58.6 Å². The van der Waals surface area contributed by atoms with Gasteiger partial charge in [0.25, 0.3) is 0 Å². The first-order valence-corrected chi connectivity index (χ1v) is 11.9. The molecule has 1 aromatic carbocycles. The predicted octanol–water partition coefficient (Wildman–Crippen LogP) is 2.68. The van der Waals surface area contributed by atoms with Crippen LogP contribution in [-0.4, -0.2) is 41.8 Å². The fourth-order valence-corrected chi connectivity index (χ4v) is 3.68. The van der Waals surface area contributed by atoms with Crippen LogP contribution in [0.3, 0.4) is 0 Å². The summed E-state index contributed by atoms with van der Waals surface area (Å²) in [5, 5.41) is 3.53. The van der Waals surface area contributed by atoms with Crippen molar-refractivity contribution in [2.75, 3.05) is 13.5 Å². The van der Waals surface area contributed by atoms with Crippen molar-refractivity contribution in [2.24, 2.45) is 11.7 Å². The Morgan fingerprint density at radius 1 is 1.26 bits per heavy atom. The smallest absolute Gasteiger partial charge is 0.343 e. The summed E-state index contributed by atoms with van der Waals surface area (Å²) in [6.07, 6.45) is 4.13. The molecule has 0 aliphatic rings. The fraction of sp³-hybridized carbons (Fsp3) is 0.600. The Morgan fingerprint density at radius 3 is 2.55 bits per heavy atom. The van der Waals surface area contributed by atoms with Gasteiger partial charge in [-0.2, -0.15) is 0 Å². The van der Waals surface area contributed by atoms with Crippen LogP contribution in [0.4, 0.5) is 0 Å². The van der Waals surface area contributed by atoms with Gasteiger partial charge in [-0.1, -0.05) is 63.4 Å². The van der Waals surface area contributed by atoms with E-state index in [9.17, 15) is 19.0 Å². The molecule has 0 aliphatic carbocycles. The summed E-state index contributed by atoms with van der Waals surface area (Å²) in [6, 6.07) is 8.25. The lowest BCUT2D eigenvalue weighted by molar-refractivity contribution is -0.221. The van der Waals surface area contributed by atoms with E-state index in [0.717, 1.165) is 24.3 Å². The highest BCUT2D eigenvalue weighted by atomic mass is 31.2. The molecule has 0 fully saturated rings. The molecular formula is C20H34N3O7P. The molecule has 3 atom stereocenters. The fourth-order valence-electron chi connectivity index (χ4n) is 3.11. The van der Waals surface area contributed by atoms with Crippen LogP contribution in [0.25, 0.3) is 0 Å². The summed E-state index contributed by atoms with van der Waals surface area (Å²) >= 11 is 0. The summed E-state index contributed by atoms with van der Waals surface area (Å²) in [4.78, 5) is 39.2. The zero-order chi connectivity index (χ0) is 23.1. The molecule has 4 N–H and O–H groups in total. The van der Waals surface area contributed by atoms with E-state index in [1.54, 1.807) is 24.3 Å². The SMILES string of the molecule is CCCCCC(C(=O)NCN)C(CC)N(C=O)OCOP(=O)(O)OCc1ccccc1. The number of carbonyl (C=O) groups excluding carboxylic acids is 2. The van der Waals surface area contributed by atoms with E-state index in [0.29, 0.717) is 24.8 Å². The number of phosphoric ester groups is 1. The number of rotatable bonds is 17. The van der Waals surface area contributed by atoms with Gasteiger partial charge in [0.1, 0.15) is 0 Å². The molecule has 0 saturated carbocycles. The molecule has 1 aromatic rings. The van der Waals surface area contributed by atoms with Crippen molar-refractivity contribution in [1.82, 2.24) is 10.4 Å². The maximum atomic E-state index is 12.5. The van der Waals surface area contributed by atoms with Crippen LogP contribution in [0, 0.1) is 5.92 Å². The number of nitrogens with two attached hydrogens (primary N) is 1. The van der Waals surface area contributed by atoms with Gasteiger partial charge in [0.15, 0.2) is 6.79 Å². The lowest BCUT2D eigenvalue weighted by atomic mass is 9.90. The molecule has 176 valence electrons. The Hall–Kier alpha value is -1.81. The van der Waals surface area contributed by atoms with E-state index in [-0.39, 0.29) is 19.2 Å². The lowest BCUT2D eigenvalue weighted by Crippen LogP contribution is -2.47. The van der Waals surface area contributed by atoms with Gasteiger partial charge in [-0.3, -0.25) is 18.6 Å². The Bertz CT molecular complexity index is 693. The summed E-state index contributed by atoms with van der Waals surface area (Å²) in [5.41, 5.74) is 6.13. The Morgan fingerprint density at radius 2 is 1.97 bits per heavy atom. The minimum Gasteiger partial charge on any atom is -0.343 e. The zero-order valence-corrected chi connectivity index (χ0v) is 19.0. The zero-order valence-electron chi connectivity index (χ0n) is 18.1.